The second-order valence-corrected chi connectivity index (χ2v) is 8.32. The normalized spacial score (nSPS) is 20.2. The molecule has 4 N–H and O–H groups in total. The third-order valence-corrected chi connectivity index (χ3v) is 6.34. The summed E-state index contributed by atoms with van der Waals surface area (Å²) in [6.07, 6.45) is 11.7. The van der Waals surface area contributed by atoms with Crippen LogP contribution in [0.25, 0.3) is 0 Å². The number of halogens is 2. The molecule has 0 unspecified atom stereocenters. The van der Waals surface area contributed by atoms with Gasteiger partial charge in [-0.3, -0.25) is 9.59 Å². The molecule has 0 heterocycles. The van der Waals surface area contributed by atoms with Crippen LogP contribution in [0.4, 0.5) is 0 Å². The molecular formula is C20H38Cl2N2O4. The first-order chi connectivity index (χ1) is 12.5. The lowest BCUT2D eigenvalue weighted by molar-refractivity contribution is -0.155. The van der Waals surface area contributed by atoms with Gasteiger partial charge in [-0.2, -0.15) is 0 Å². The Morgan fingerprint density at radius 3 is 1.25 bits per heavy atom. The Balaban J connectivity index is 0.00000364. The Kier molecular flexibility index (Phi) is 13.4. The van der Waals surface area contributed by atoms with Crippen molar-refractivity contribution in [1.82, 2.24) is 0 Å². The van der Waals surface area contributed by atoms with Gasteiger partial charge in [0.05, 0.1) is 12.8 Å². The fraction of sp³-hybridized carbons (Fsp3) is 0.900. The maximum atomic E-state index is 12.1. The van der Waals surface area contributed by atoms with Crippen molar-refractivity contribution in [2.75, 3.05) is 26.3 Å². The Hall–Kier alpha value is -0.560. The van der Waals surface area contributed by atoms with Crippen molar-refractivity contribution in [2.45, 2.75) is 77.0 Å². The Morgan fingerprint density at radius 2 is 0.964 bits per heavy atom. The van der Waals surface area contributed by atoms with E-state index in [2.05, 4.69) is 0 Å². The molecule has 0 saturated heterocycles. The molecule has 166 valence electrons. The standard InChI is InChI=1S/C20H36N2O4.2ClH/c21-15-19(7-3-1-4-8-19)13-17(23)25-11-12-26-18(24)14-20(16-22)9-5-2-6-10-20;;/h1-16,21-22H2;2*1H. The highest BCUT2D eigenvalue weighted by molar-refractivity contribution is 5.85. The summed E-state index contributed by atoms with van der Waals surface area (Å²) in [4.78, 5) is 24.2. The van der Waals surface area contributed by atoms with Gasteiger partial charge in [-0.15, -0.1) is 24.8 Å². The fourth-order valence-corrected chi connectivity index (χ4v) is 4.54. The van der Waals surface area contributed by atoms with E-state index in [0.29, 0.717) is 25.9 Å². The van der Waals surface area contributed by atoms with E-state index >= 15 is 0 Å². The monoisotopic (exact) mass is 440 g/mol. The van der Waals surface area contributed by atoms with Crippen LogP contribution in [0.15, 0.2) is 0 Å². The molecule has 0 bridgehead atoms. The van der Waals surface area contributed by atoms with E-state index in [1.807, 2.05) is 0 Å². The second-order valence-electron chi connectivity index (χ2n) is 8.32. The average molecular weight is 441 g/mol. The quantitative estimate of drug-likeness (QED) is 0.419. The molecule has 0 spiro atoms. The van der Waals surface area contributed by atoms with Crippen molar-refractivity contribution in [3.05, 3.63) is 0 Å². The van der Waals surface area contributed by atoms with E-state index < -0.39 is 0 Å². The summed E-state index contributed by atoms with van der Waals surface area (Å²) in [5, 5.41) is 0. The lowest BCUT2D eigenvalue weighted by Crippen LogP contribution is -2.36. The van der Waals surface area contributed by atoms with Crippen LogP contribution in [0, 0.1) is 10.8 Å². The summed E-state index contributed by atoms with van der Waals surface area (Å²) < 4.78 is 10.5. The smallest absolute Gasteiger partial charge is 0.306 e. The third-order valence-electron chi connectivity index (χ3n) is 6.34. The number of hydrogen-bond donors (Lipinski definition) is 2. The van der Waals surface area contributed by atoms with Crippen molar-refractivity contribution >= 4 is 36.8 Å². The Bertz CT molecular complexity index is 423. The van der Waals surface area contributed by atoms with E-state index in [0.717, 1.165) is 51.4 Å². The first-order valence-electron chi connectivity index (χ1n) is 10.2. The van der Waals surface area contributed by atoms with Gasteiger partial charge >= 0.3 is 11.9 Å². The zero-order valence-corrected chi connectivity index (χ0v) is 18.6. The number of rotatable bonds is 9. The van der Waals surface area contributed by atoms with E-state index in [1.54, 1.807) is 0 Å². The summed E-state index contributed by atoms with van der Waals surface area (Å²) >= 11 is 0. The molecule has 0 amide bonds. The van der Waals surface area contributed by atoms with Crippen LogP contribution >= 0.6 is 24.8 Å². The predicted octanol–water partition coefficient (Wildman–Crippen LogP) is 3.52. The molecule has 0 aromatic heterocycles. The number of esters is 2. The van der Waals surface area contributed by atoms with Crippen molar-refractivity contribution in [3.63, 3.8) is 0 Å². The van der Waals surface area contributed by atoms with Gasteiger partial charge in [-0.1, -0.05) is 38.5 Å². The van der Waals surface area contributed by atoms with Gasteiger partial charge in [0.1, 0.15) is 13.2 Å². The van der Waals surface area contributed by atoms with Gasteiger partial charge in [0.25, 0.3) is 0 Å². The fourth-order valence-electron chi connectivity index (χ4n) is 4.54. The molecule has 2 saturated carbocycles. The summed E-state index contributed by atoms with van der Waals surface area (Å²) in [5.74, 6) is -0.474. The van der Waals surface area contributed by atoms with Crippen LogP contribution in [-0.2, 0) is 19.1 Å². The van der Waals surface area contributed by atoms with Crippen LogP contribution in [-0.4, -0.2) is 38.2 Å². The summed E-state index contributed by atoms with van der Waals surface area (Å²) in [6.45, 7) is 1.28. The van der Waals surface area contributed by atoms with Crippen molar-refractivity contribution in [1.29, 1.82) is 0 Å². The van der Waals surface area contributed by atoms with Gasteiger partial charge in [0.15, 0.2) is 0 Å². The van der Waals surface area contributed by atoms with Gasteiger partial charge in [0.2, 0.25) is 0 Å². The van der Waals surface area contributed by atoms with Crippen LogP contribution in [0.5, 0.6) is 0 Å². The SMILES string of the molecule is Cl.Cl.NCC1(CC(=O)OCCOC(=O)CC2(CN)CCCCC2)CCCCC1. The van der Waals surface area contributed by atoms with Gasteiger partial charge < -0.3 is 20.9 Å². The van der Waals surface area contributed by atoms with Crippen molar-refractivity contribution in [3.8, 4) is 0 Å². The molecule has 8 heteroatoms. The molecule has 2 aliphatic rings. The minimum Gasteiger partial charge on any atom is -0.462 e. The number of hydrogen-bond acceptors (Lipinski definition) is 6. The molecule has 2 rings (SSSR count). The lowest BCUT2D eigenvalue weighted by atomic mass is 9.72. The van der Waals surface area contributed by atoms with Crippen LogP contribution in [0.2, 0.25) is 0 Å². The Morgan fingerprint density at radius 1 is 0.643 bits per heavy atom. The maximum absolute atomic E-state index is 12.1. The van der Waals surface area contributed by atoms with E-state index in [9.17, 15) is 9.59 Å². The number of nitrogens with two attached hydrogens (primary N) is 2. The third kappa shape index (κ3) is 8.44. The molecular weight excluding hydrogens is 403 g/mol. The predicted molar refractivity (Wildman–Crippen MR) is 115 cm³/mol. The van der Waals surface area contributed by atoms with E-state index in [1.165, 1.54) is 12.8 Å². The summed E-state index contributed by atoms with van der Waals surface area (Å²) in [6, 6.07) is 0. The molecule has 0 radical (unpaired) electrons. The summed E-state index contributed by atoms with van der Waals surface area (Å²) in [5.41, 5.74) is 11.6. The van der Waals surface area contributed by atoms with E-state index in [4.69, 9.17) is 20.9 Å². The zero-order valence-electron chi connectivity index (χ0n) is 16.9. The van der Waals surface area contributed by atoms with Gasteiger partial charge in [0, 0.05) is 0 Å². The first-order valence-corrected chi connectivity index (χ1v) is 10.2. The average Bonchev–Trinajstić information content (AvgIpc) is 2.66. The first kappa shape index (κ1) is 27.4. The molecule has 2 fully saturated rings. The molecule has 6 nitrogen and oxygen atoms in total. The van der Waals surface area contributed by atoms with Crippen LogP contribution in [0.1, 0.15) is 77.0 Å². The van der Waals surface area contributed by atoms with Crippen LogP contribution in [0.3, 0.4) is 0 Å². The molecule has 0 aliphatic heterocycles. The summed E-state index contributed by atoms with van der Waals surface area (Å²) in [7, 11) is 0. The second kappa shape index (κ2) is 13.6. The molecule has 0 aromatic rings. The van der Waals surface area contributed by atoms with Crippen molar-refractivity contribution in [2.24, 2.45) is 22.3 Å². The zero-order chi connectivity index (χ0) is 18.9. The highest BCUT2D eigenvalue weighted by Crippen LogP contribution is 2.39. The number of carbonyl (C=O) groups is 2. The highest BCUT2D eigenvalue weighted by Gasteiger charge is 2.34. The lowest BCUT2D eigenvalue weighted by Gasteiger charge is -2.35. The topological polar surface area (TPSA) is 105 Å². The van der Waals surface area contributed by atoms with Crippen LogP contribution < -0.4 is 11.5 Å². The molecule has 0 atom stereocenters. The van der Waals surface area contributed by atoms with E-state index in [-0.39, 0.29) is 60.8 Å². The van der Waals surface area contributed by atoms with Gasteiger partial charge in [-0.25, -0.2) is 0 Å². The Labute approximate surface area is 181 Å². The molecule has 2 aliphatic carbocycles. The minimum atomic E-state index is -0.237. The molecule has 28 heavy (non-hydrogen) atoms. The highest BCUT2D eigenvalue weighted by atomic mass is 35.5. The number of ether oxygens (including phenoxy) is 2. The van der Waals surface area contributed by atoms with Crippen molar-refractivity contribution < 1.29 is 19.1 Å². The maximum Gasteiger partial charge on any atom is 0.306 e. The largest absolute Gasteiger partial charge is 0.462 e. The minimum absolute atomic E-state index is 0. The van der Waals surface area contributed by atoms with Gasteiger partial charge in [-0.05, 0) is 49.6 Å². The number of carbonyl (C=O) groups excluding carboxylic acids is 2. The molecule has 0 aromatic carbocycles.